The van der Waals surface area contributed by atoms with E-state index in [1.807, 2.05) is 6.92 Å². The number of hydrogen-bond acceptors (Lipinski definition) is 5. The molecule has 150 valence electrons. The van der Waals surface area contributed by atoms with Crippen molar-refractivity contribution in [1.82, 2.24) is 9.62 Å². The van der Waals surface area contributed by atoms with E-state index in [1.165, 1.54) is 25.5 Å². The Morgan fingerprint density at radius 1 is 1.19 bits per heavy atom. The fraction of sp³-hybridized carbons (Fsp3) is 0.579. The van der Waals surface area contributed by atoms with Gasteiger partial charge in [-0.3, -0.25) is 9.59 Å². The lowest BCUT2D eigenvalue weighted by Gasteiger charge is -2.31. The molecule has 0 aliphatic heterocycles. The van der Waals surface area contributed by atoms with Crippen molar-refractivity contribution in [3.63, 3.8) is 0 Å². The third-order valence-electron chi connectivity index (χ3n) is 4.87. The van der Waals surface area contributed by atoms with Gasteiger partial charge in [-0.25, -0.2) is 8.42 Å². The standard InChI is InChI=1S/C19H28N2O5S/c1-14-9-11-17(12-10-14)27(24,25)20-15(2)19(23)26-13-18(22)21(3)16-7-5-4-6-8-16/h9-12,15-16,20H,4-8,13H2,1-3H3/t15-/m0/s1. The molecule has 1 fully saturated rings. The molecule has 1 aromatic carbocycles. The van der Waals surface area contributed by atoms with E-state index in [0.717, 1.165) is 31.2 Å². The lowest BCUT2D eigenvalue weighted by molar-refractivity contribution is -0.153. The summed E-state index contributed by atoms with van der Waals surface area (Å²) in [5.74, 6) is -1.06. The average molecular weight is 397 g/mol. The number of carbonyl (C=O) groups is 2. The maximum Gasteiger partial charge on any atom is 0.324 e. The van der Waals surface area contributed by atoms with Gasteiger partial charge in [-0.15, -0.1) is 0 Å². The zero-order valence-electron chi connectivity index (χ0n) is 16.1. The first kappa shape index (κ1) is 21.4. The largest absolute Gasteiger partial charge is 0.454 e. The molecule has 1 saturated carbocycles. The van der Waals surface area contributed by atoms with Crippen LogP contribution in [0.15, 0.2) is 29.2 Å². The molecule has 2 rings (SSSR count). The van der Waals surface area contributed by atoms with E-state index in [4.69, 9.17) is 4.74 Å². The lowest BCUT2D eigenvalue weighted by atomic mass is 9.94. The fourth-order valence-corrected chi connectivity index (χ4v) is 4.29. The molecular weight excluding hydrogens is 368 g/mol. The van der Waals surface area contributed by atoms with Crippen LogP contribution in [0.5, 0.6) is 0 Å². The van der Waals surface area contributed by atoms with E-state index in [1.54, 1.807) is 24.1 Å². The first-order valence-electron chi connectivity index (χ1n) is 9.22. The van der Waals surface area contributed by atoms with Crippen LogP contribution in [0.1, 0.15) is 44.6 Å². The average Bonchev–Trinajstić information content (AvgIpc) is 2.65. The number of likely N-dealkylation sites (N-methyl/N-ethyl adjacent to an activating group) is 1. The highest BCUT2D eigenvalue weighted by Crippen LogP contribution is 2.21. The number of nitrogens with zero attached hydrogens (tertiary/aromatic N) is 1. The summed E-state index contributed by atoms with van der Waals surface area (Å²) in [7, 11) is -2.12. The monoisotopic (exact) mass is 396 g/mol. The molecule has 1 atom stereocenters. The quantitative estimate of drug-likeness (QED) is 0.712. The van der Waals surface area contributed by atoms with E-state index < -0.39 is 22.0 Å². The van der Waals surface area contributed by atoms with Gasteiger partial charge in [0.05, 0.1) is 4.90 Å². The predicted octanol–water partition coefficient (Wildman–Crippen LogP) is 2.00. The Labute approximate surface area is 161 Å². The first-order valence-corrected chi connectivity index (χ1v) is 10.7. The zero-order valence-corrected chi connectivity index (χ0v) is 16.9. The van der Waals surface area contributed by atoms with Crippen molar-refractivity contribution in [1.29, 1.82) is 0 Å². The van der Waals surface area contributed by atoms with Gasteiger partial charge in [-0.05, 0) is 38.8 Å². The van der Waals surface area contributed by atoms with E-state index >= 15 is 0 Å². The van der Waals surface area contributed by atoms with E-state index in [0.29, 0.717) is 0 Å². The number of amides is 1. The van der Waals surface area contributed by atoms with Crippen molar-refractivity contribution >= 4 is 21.9 Å². The van der Waals surface area contributed by atoms with Gasteiger partial charge in [-0.2, -0.15) is 4.72 Å². The molecule has 0 aromatic heterocycles. The summed E-state index contributed by atoms with van der Waals surface area (Å²) in [6.45, 7) is 2.86. The molecule has 7 nitrogen and oxygen atoms in total. The van der Waals surface area contributed by atoms with Crippen molar-refractivity contribution in [2.75, 3.05) is 13.7 Å². The fourth-order valence-electron chi connectivity index (χ4n) is 3.10. The van der Waals surface area contributed by atoms with Crippen LogP contribution in [0.3, 0.4) is 0 Å². The maximum absolute atomic E-state index is 12.3. The van der Waals surface area contributed by atoms with Gasteiger partial charge in [0.1, 0.15) is 6.04 Å². The Hall–Kier alpha value is -1.93. The van der Waals surface area contributed by atoms with Gasteiger partial charge >= 0.3 is 5.97 Å². The third-order valence-corrected chi connectivity index (χ3v) is 6.43. The summed E-state index contributed by atoms with van der Waals surface area (Å²) in [4.78, 5) is 26.0. The maximum atomic E-state index is 12.3. The topological polar surface area (TPSA) is 92.8 Å². The molecule has 8 heteroatoms. The normalized spacial score (nSPS) is 16.6. The SMILES string of the molecule is Cc1ccc(S(=O)(=O)N[C@@H](C)C(=O)OCC(=O)N(C)C2CCCCC2)cc1. The van der Waals surface area contributed by atoms with Crippen molar-refractivity contribution in [2.24, 2.45) is 0 Å². The molecule has 0 spiro atoms. The van der Waals surface area contributed by atoms with Gasteiger partial charge in [-0.1, -0.05) is 37.0 Å². The highest BCUT2D eigenvalue weighted by Gasteiger charge is 2.26. The number of ether oxygens (including phenoxy) is 1. The van der Waals surface area contributed by atoms with Crippen LogP contribution in [0.2, 0.25) is 0 Å². The van der Waals surface area contributed by atoms with Crippen LogP contribution in [0.25, 0.3) is 0 Å². The zero-order chi connectivity index (χ0) is 20.0. The van der Waals surface area contributed by atoms with Gasteiger partial charge in [0, 0.05) is 13.1 Å². The van der Waals surface area contributed by atoms with Crippen molar-refractivity contribution < 1.29 is 22.7 Å². The molecule has 1 N–H and O–H groups in total. The van der Waals surface area contributed by atoms with Crippen LogP contribution in [-0.2, 0) is 24.3 Å². The highest BCUT2D eigenvalue weighted by molar-refractivity contribution is 7.89. The lowest BCUT2D eigenvalue weighted by Crippen LogP contribution is -2.43. The van der Waals surface area contributed by atoms with Crippen LogP contribution in [0.4, 0.5) is 0 Å². The van der Waals surface area contributed by atoms with Crippen molar-refractivity contribution in [2.45, 2.75) is 62.9 Å². The first-order chi connectivity index (χ1) is 12.7. The van der Waals surface area contributed by atoms with Gasteiger partial charge < -0.3 is 9.64 Å². The molecular formula is C19H28N2O5S. The number of rotatable bonds is 7. The second-order valence-electron chi connectivity index (χ2n) is 7.06. The molecule has 1 aliphatic rings. The number of aryl methyl sites for hydroxylation is 1. The Bertz CT molecular complexity index is 755. The summed E-state index contributed by atoms with van der Waals surface area (Å²) >= 11 is 0. The number of sulfonamides is 1. The summed E-state index contributed by atoms with van der Waals surface area (Å²) in [6, 6.07) is 5.39. The molecule has 1 aliphatic carbocycles. The molecule has 0 radical (unpaired) electrons. The molecule has 1 aromatic rings. The van der Waals surface area contributed by atoms with E-state index in [2.05, 4.69) is 4.72 Å². The number of nitrogens with one attached hydrogen (secondary N) is 1. The second-order valence-corrected chi connectivity index (χ2v) is 8.77. The Morgan fingerprint density at radius 2 is 1.78 bits per heavy atom. The Kier molecular flexibility index (Phi) is 7.38. The van der Waals surface area contributed by atoms with Gasteiger partial charge in [0.15, 0.2) is 6.61 Å². The minimum atomic E-state index is -3.84. The number of hydrogen-bond donors (Lipinski definition) is 1. The molecule has 0 saturated heterocycles. The highest BCUT2D eigenvalue weighted by atomic mass is 32.2. The van der Waals surface area contributed by atoms with Crippen molar-refractivity contribution in [3.8, 4) is 0 Å². The van der Waals surface area contributed by atoms with Gasteiger partial charge in [0.25, 0.3) is 5.91 Å². The molecule has 1 amide bonds. The second kappa shape index (κ2) is 9.32. The molecule has 0 bridgehead atoms. The van der Waals surface area contributed by atoms with Crippen LogP contribution >= 0.6 is 0 Å². The van der Waals surface area contributed by atoms with Crippen molar-refractivity contribution in [3.05, 3.63) is 29.8 Å². The Balaban J connectivity index is 1.85. The Morgan fingerprint density at radius 3 is 2.37 bits per heavy atom. The van der Waals surface area contributed by atoms with Crippen LogP contribution in [0, 0.1) is 6.92 Å². The molecule has 0 heterocycles. The molecule has 0 unspecified atom stereocenters. The predicted molar refractivity (Wildman–Crippen MR) is 102 cm³/mol. The summed E-state index contributed by atoms with van der Waals surface area (Å²) in [5.41, 5.74) is 0.932. The van der Waals surface area contributed by atoms with E-state index in [-0.39, 0.29) is 23.5 Å². The van der Waals surface area contributed by atoms with Crippen LogP contribution in [-0.4, -0.2) is 50.9 Å². The minimum Gasteiger partial charge on any atom is -0.454 e. The summed E-state index contributed by atoms with van der Waals surface area (Å²) in [5, 5.41) is 0. The number of carbonyl (C=O) groups excluding carboxylic acids is 2. The van der Waals surface area contributed by atoms with Crippen LogP contribution < -0.4 is 4.72 Å². The molecule has 27 heavy (non-hydrogen) atoms. The summed E-state index contributed by atoms with van der Waals surface area (Å²) < 4.78 is 31.9. The van der Waals surface area contributed by atoms with Gasteiger partial charge in [0.2, 0.25) is 10.0 Å². The number of benzene rings is 1. The van der Waals surface area contributed by atoms with E-state index in [9.17, 15) is 18.0 Å². The minimum absolute atomic E-state index is 0.0702. The number of esters is 1. The summed E-state index contributed by atoms with van der Waals surface area (Å²) in [6.07, 6.45) is 5.30. The smallest absolute Gasteiger partial charge is 0.324 e. The third kappa shape index (κ3) is 6.04.